The molecule has 0 radical (unpaired) electrons. The summed E-state index contributed by atoms with van der Waals surface area (Å²) >= 11 is 0. The van der Waals surface area contributed by atoms with E-state index in [0.717, 1.165) is 11.1 Å². The number of ether oxygens (including phenoxy) is 1. The molecular formula is C22H17NO5. The van der Waals surface area contributed by atoms with Gasteiger partial charge < -0.3 is 9.84 Å². The highest BCUT2D eigenvalue weighted by Gasteiger charge is 2.13. The molecule has 6 heteroatoms. The van der Waals surface area contributed by atoms with E-state index in [9.17, 15) is 19.5 Å². The summed E-state index contributed by atoms with van der Waals surface area (Å²) in [7, 11) is 0. The molecule has 0 aliphatic carbocycles. The van der Waals surface area contributed by atoms with Gasteiger partial charge in [-0.15, -0.1) is 0 Å². The van der Waals surface area contributed by atoms with Gasteiger partial charge in [0.25, 0.3) is 11.8 Å². The number of amides is 2. The Balaban J connectivity index is 1.54. The minimum absolute atomic E-state index is 0.174. The fraction of sp³-hybridized carbons (Fsp3) is 0.0455. The summed E-state index contributed by atoms with van der Waals surface area (Å²) in [6.07, 6.45) is 0. The molecule has 3 aromatic rings. The lowest BCUT2D eigenvalue weighted by Gasteiger charge is -2.07. The van der Waals surface area contributed by atoms with Crippen molar-refractivity contribution < 1.29 is 24.2 Å². The first-order valence-electron chi connectivity index (χ1n) is 8.49. The van der Waals surface area contributed by atoms with Crippen molar-refractivity contribution in [3.8, 4) is 16.9 Å². The van der Waals surface area contributed by atoms with Gasteiger partial charge in [0.2, 0.25) is 0 Å². The van der Waals surface area contributed by atoms with Crippen LogP contribution in [0.25, 0.3) is 11.1 Å². The maximum atomic E-state index is 12.1. The average Bonchev–Trinajstić information content (AvgIpc) is 2.73. The van der Waals surface area contributed by atoms with E-state index in [0.29, 0.717) is 5.56 Å². The Bertz CT molecular complexity index is 980. The Morgan fingerprint density at radius 3 is 1.93 bits per heavy atom. The quantitative estimate of drug-likeness (QED) is 0.668. The highest BCUT2D eigenvalue weighted by atomic mass is 16.5. The van der Waals surface area contributed by atoms with E-state index in [1.807, 2.05) is 0 Å². The Labute approximate surface area is 161 Å². The van der Waals surface area contributed by atoms with Gasteiger partial charge in [-0.1, -0.05) is 42.5 Å². The monoisotopic (exact) mass is 375 g/mol. The molecule has 0 saturated carbocycles. The molecule has 2 N–H and O–H groups in total. The zero-order valence-electron chi connectivity index (χ0n) is 14.8. The lowest BCUT2D eigenvalue weighted by Crippen LogP contribution is -2.34. The van der Waals surface area contributed by atoms with Gasteiger partial charge in [-0.25, -0.2) is 4.79 Å². The number of aromatic hydroxyl groups is 1. The molecule has 0 bridgehead atoms. The third kappa shape index (κ3) is 4.82. The van der Waals surface area contributed by atoms with E-state index in [2.05, 4.69) is 5.32 Å². The predicted molar refractivity (Wildman–Crippen MR) is 103 cm³/mol. The van der Waals surface area contributed by atoms with E-state index >= 15 is 0 Å². The smallest absolute Gasteiger partial charge is 0.338 e. The fourth-order valence-electron chi connectivity index (χ4n) is 2.49. The summed E-state index contributed by atoms with van der Waals surface area (Å²) in [4.78, 5) is 35.8. The third-order valence-electron chi connectivity index (χ3n) is 3.94. The first-order valence-corrected chi connectivity index (χ1v) is 8.49. The lowest BCUT2D eigenvalue weighted by molar-refractivity contribution is -0.123. The molecule has 0 aliphatic heterocycles. The minimum atomic E-state index is -0.706. The van der Waals surface area contributed by atoms with Gasteiger partial charge in [-0.3, -0.25) is 14.9 Å². The van der Waals surface area contributed by atoms with Crippen molar-refractivity contribution in [3.05, 3.63) is 90.0 Å². The van der Waals surface area contributed by atoms with E-state index in [4.69, 9.17) is 4.74 Å². The van der Waals surface area contributed by atoms with Gasteiger partial charge >= 0.3 is 5.97 Å². The first kappa shape index (κ1) is 18.8. The standard InChI is InChI=1S/C22H17NO5/c24-19-12-10-16(11-13-19)15-6-8-18(9-7-15)22(27)28-14-20(25)23-21(26)17-4-2-1-3-5-17/h1-13,24H,14H2,(H,23,25,26). The number of benzene rings is 3. The molecule has 0 spiro atoms. The van der Waals surface area contributed by atoms with E-state index in [-0.39, 0.29) is 11.3 Å². The summed E-state index contributed by atoms with van der Waals surface area (Å²) in [6.45, 7) is -0.558. The number of esters is 1. The second kappa shape index (κ2) is 8.64. The van der Waals surface area contributed by atoms with Gasteiger partial charge in [0.1, 0.15) is 5.75 Å². The Kier molecular flexibility index (Phi) is 5.81. The van der Waals surface area contributed by atoms with Crippen molar-refractivity contribution in [2.75, 3.05) is 6.61 Å². The molecular weight excluding hydrogens is 358 g/mol. The molecule has 2 amide bonds. The van der Waals surface area contributed by atoms with Crippen molar-refractivity contribution in [1.29, 1.82) is 0 Å². The molecule has 0 aromatic heterocycles. The molecule has 0 aliphatic rings. The van der Waals surface area contributed by atoms with Crippen molar-refractivity contribution >= 4 is 17.8 Å². The molecule has 0 saturated heterocycles. The lowest BCUT2D eigenvalue weighted by atomic mass is 10.0. The zero-order chi connectivity index (χ0) is 19.9. The minimum Gasteiger partial charge on any atom is -0.508 e. The van der Waals surface area contributed by atoms with E-state index in [1.54, 1.807) is 78.9 Å². The van der Waals surface area contributed by atoms with Crippen LogP contribution in [0.1, 0.15) is 20.7 Å². The summed E-state index contributed by atoms with van der Waals surface area (Å²) in [5.41, 5.74) is 2.37. The average molecular weight is 375 g/mol. The maximum Gasteiger partial charge on any atom is 0.338 e. The van der Waals surface area contributed by atoms with Crippen LogP contribution in [0.15, 0.2) is 78.9 Å². The molecule has 3 rings (SSSR count). The molecule has 6 nitrogen and oxygen atoms in total. The Morgan fingerprint density at radius 2 is 1.32 bits per heavy atom. The Morgan fingerprint density at radius 1 is 0.750 bits per heavy atom. The van der Waals surface area contributed by atoms with Crippen molar-refractivity contribution in [1.82, 2.24) is 5.32 Å². The van der Waals surface area contributed by atoms with Crippen LogP contribution in [0.2, 0.25) is 0 Å². The largest absolute Gasteiger partial charge is 0.508 e. The first-order chi connectivity index (χ1) is 13.5. The summed E-state index contributed by atoms with van der Waals surface area (Å²) in [5, 5.41) is 11.5. The van der Waals surface area contributed by atoms with Crippen LogP contribution >= 0.6 is 0 Å². The number of nitrogens with one attached hydrogen (secondary N) is 1. The number of carbonyl (C=O) groups excluding carboxylic acids is 3. The van der Waals surface area contributed by atoms with Gasteiger partial charge in [-0.05, 0) is 47.5 Å². The number of phenols is 1. The normalized spacial score (nSPS) is 10.1. The van der Waals surface area contributed by atoms with Crippen LogP contribution < -0.4 is 5.32 Å². The fourth-order valence-corrected chi connectivity index (χ4v) is 2.49. The van der Waals surface area contributed by atoms with Crippen LogP contribution in [-0.2, 0) is 9.53 Å². The zero-order valence-corrected chi connectivity index (χ0v) is 14.8. The second-order valence-electron chi connectivity index (χ2n) is 5.94. The number of carbonyl (C=O) groups is 3. The number of phenolic OH excluding ortho intramolecular Hbond substituents is 1. The number of hydrogen-bond acceptors (Lipinski definition) is 5. The Hall–Kier alpha value is -3.93. The van der Waals surface area contributed by atoms with Crippen LogP contribution in [0.5, 0.6) is 5.75 Å². The van der Waals surface area contributed by atoms with Gasteiger partial charge in [-0.2, -0.15) is 0 Å². The van der Waals surface area contributed by atoms with Crippen molar-refractivity contribution in [3.63, 3.8) is 0 Å². The summed E-state index contributed by atoms with van der Waals surface area (Å²) < 4.78 is 4.95. The SMILES string of the molecule is O=C(COC(=O)c1ccc(-c2ccc(O)cc2)cc1)NC(=O)c1ccccc1. The van der Waals surface area contributed by atoms with E-state index in [1.165, 1.54) is 0 Å². The topological polar surface area (TPSA) is 92.7 Å². The van der Waals surface area contributed by atoms with Crippen LogP contribution in [0.4, 0.5) is 0 Å². The predicted octanol–water partition coefficient (Wildman–Crippen LogP) is 3.17. The molecule has 3 aromatic carbocycles. The third-order valence-corrected chi connectivity index (χ3v) is 3.94. The molecule has 0 atom stereocenters. The molecule has 28 heavy (non-hydrogen) atoms. The number of rotatable bonds is 5. The van der Waals surface area contributed by atoms with E-state index < -0.39 is 24.4 Å². The van der Waals surface area contributed by atoms with Crippen LogP contribution in [0.3, 0.4) is 0 Å². The summed E-state index contributed by atoms with van der Waals surface area (Å²) in [6, 6.07) is 21.6. The molecule has 0 fully saturated rings. The molecule has 0 heterocycles. The number of imide groups is 1. The van der Waals surface area contributed by atoms with Crippen molar-refractivity contribution in [2.45, 2.75) is 0 Å². The highest BCUT2D eigenvalue weighted by molar-refractivity contribution is 6.05. The van der Waals surface area contributed by atoms with Crippen LogP contribution in [0, 0.1) is 0 Å². The molecule has 0 unspecified atom stereocenters. The van der Waals surface area contributed by atoms with Gasteiger partial charge in [0, 0.05) is 5.56 Å². The summed E-state index contributed by atoms with van der Waals surface area (Å²) in [5.74, 6) is -1.75. The number of hydrogen-bond donors (Lipinski definition) is 2. The molecule has 140 valence electrons. The van der Waals surface area contributed by atoms with Gasteiger partial charge in [0.05, 0.1) is 5.56 Å². The van der Waals surface area contributed by atoms with Gasteiger partial charge in [0.15, 0.2) is 6.61 Å². The highest BCUT2D eigenvalue weighted by Crippen LogP contribution is 2.22. The van der Waals surface area contributed by atoms with Crippen LogP contribution in [-0.4, -0.2) is 29.5 Å². The van der Waals surface area contributed by atoms with Crippen molar-refractivity contribution in [2.24, 2.45) is 0 Å². The maximum absolute atomic E-state index is 12.1. The second-order valence-corrected chi connectivity index (χ2v) is 5.94.